The molecule has 0 aliphatic rings. The van der Waals surface area contributed by atoms with E-state index < -0.39 is 0 Å². The van der Waals surface area contributed by atoms with Gasteiger partial charge in [-0.25, -0.2) is 4.68 Å². The van der Waals surface area contributed by atoms with E-state index in [2.05, 4.69) is 26.1 Å². The zero-order chi connectivity index (χ0) is 15.5. The van der Waals surface area contributed by atoms with E-state index in [-0.39, 0.29) is 17.9 Å². The SMILES string of the molecule is CNCc1cn(CC(=O)Nc2cc(C(C)(C)C)no2)nn1. The summed E-state index contributed by atoms with van der Waals surface area (Å²) in [5.41, 5.74) is 1.44. The number of rotatable bonds is 5. The van der Waals surface area contributed by atoms with Gasteiger partial charge in [-0.15, -0.1) is 5.10 Å². The van der Waals surface area contributed by atoms with E-state index in [1.54, 1.807) is 12.3 Å². The number of carbonyl (C=O) groups excluding carboxylic acids is 1. The van der Waals surface area contributed by atoms with Gasteiger partial charge >= 0.3 is 0 Å². The molecule has 0 saturated heterocycles. The van der Waals surface area contributed by atoms with Crippen molar-refractivity contribution in [1.82, 2.24) is 25.5 Å². The Morgan fingerprint density at radius 3 is 2.81 bits per heavy atom. The molecule has 0 spiro atoms. The van der Waals surface area contributed by atoms with Crippen molar-refractivity contribution in [1.29, 1.82) is 0 Å². The monoisotopic (exact) mass is 292 g/mol. The molecule has 0 fully saturated rings. The van der Waals surface area contributed by atoms with Crippen LogP contribution in [0.5, 0.6) is 0 Å². The van der Waals surface area contributed by atoms with Crippen molar-refractivity contribution in [3.8, 4) is 0 Å². The van der Waals surface area contributed by atoms with Gasteiger partial charge in [0.05, 0.1) is 17.6 Å². The molecule has 0 saturated carbocycles. The number of aromatic nitrogens is 4. The van der Waals surface area contributed by atoms with Crippen LogP contribution in [0, 0.1) is 0 Å². The first-order chi connectivity index (χ1) is 9.88. The number of nitrogens with zero attached hydrogens (tertiary/aromatic N) is 4. The average Bonchev–Trinajstić information content (AvgIpc) is 2.98. The Balaban J connectivity index is 1.93. The highest BCUT2D eigenvalue weighted by Gasteiger charge is 2.19. The van der Waals surface area contributed by atoms with E-state index in [0.717, 1.165) is 11.4 Å². The molecule has 1 amide bonds. The molecule has 2 N–H and O–H groups in total. The normalized spacial score (nSPS) is 11.6. The Hall–Kier alpha value is -2.22. The zero-order valence-corrected chi connectivity index (χ0v) is 12.7. The van der Waals surface area contributed by atoms with Gasteiger partial charge in [0.1, 0.15) is 6.54 Å². The lowest BCUT2D eigenvalue weighted by Crippen LogP contribution is -2.19. The molecule has 8 nitrogen and oxygen atoms in total. The van der Waals surface area contributed by atoms with Crippen LogP contribution in [0.25, 0.3) is 0 Å². The molecule has 2 aromatic rings. The summed E-state index contributed by atoms with van der Waals surface area (Å²) in [6.07, 6.45) is 1.72. The number of nitrogens with one attached hydrogen (secondary N) is 2. The zero-order valence-electron chi connectivity index (χ0n) is 12.7. The van der Waals surface area contributed by atoms with E-state index in [0.29, 0.717) is 12.4 Å². The van der Waals surface area contributed by atoms with Crippen molar-refractivity contribution < 1.29 is 9.32 Å². The number of hydrogen-bond donors (Lipinski definition) is 2. The molecule has 0 aromatic carbocycles. The lowest BCUT2D eigenvalue weighted by atomic mass is 9.92. The maximum absolute atomic E-state index is 11.9. The van der Waals surface area contributed by atoms with Gasteiger partial charge in [0, 0.05) is 18.0 Å². The summed E-state index contributed by atoms with van der Waals surface area (Å²) in [6, 6.07) is 1.73. The molecule has 0 aliphatic heterocycles. The lowest BCUT2D eigenvalue weighted by Gasteiger charge is -2.12. The fraction of sp³-hybridized carbons (Fsp3) is 0.538. The van der Waals surface area contributed by atoms with Gasteiger partial charge in [-0.3, -0.25) is 10.1 Å². The second-order valence-electron chi connectivity index (χ2n) is 5.81. The van der Waals surface area contributed by atoms with Crippen LogP contribution in [0.4, 0.5) is 5.88 Å². The predicted octanol–water partition coefficient (Wildman–Crippen LogP) is 0.922. The third-order valence-electron chi connectivity index (χ3n) is 2.79. The molecule has 0 unspecified atom stereocenters. The highest BCUT2D eigenvalue weighted by Crippen LogP contribution is 2.23. The van der Waals surface area contributed by atoms with Gasteiger partial charge in [0.2, 0.25) is 11.8 Å². The van der Waals surface area contributed by atoms with Crippen molar-refractivity contribution in [3.63, 3.8) is 0 Å². The van der Waals surface area contributed by atoms with Crippen LogP contribution in [-0.2, 0) is 23.3 Å². The van der Waals surface area contributed by atoms with E-state index in [4.69, 9.17) is 4.52 Å². The molecule has 2 rings (SSSR count). The highest BCUT2D eigenvalue weighted by atomic mass is 16.5. The standard InChI is InChI=1S/C13H20N6O2/c1-13(2,3)10-5-12(21-17-10)15-11(20)8-19-7-9(6-14-4)16-18-19/h5,7,14H,6,8H2,1-4H3,(H,15,20). The third-order valence-corrected chi connectivity index (χ3v) is 2.79. The van der Waals surface area contributed by atoms with Gasteiger partial charge in [-0.05, 0) is 7.05 Å². The third kappa shape index (κ3) is 4.12. The Morgan fingerprint density at radius 1 is 1.43 bits per heavy atom. The topological polar surface area (TPSA) is 97.9 Å². The lowest BCUT2D eigenvalue weighted by molar-refractivity contribution is -0.117. The molecular formula is C13H20N6O2. The second-order valence-corrected chi connectivity index (χ2v) is 5.81. The van der Waals surface area contributed by atoms with Crippen LogP contribution in [0.3, 0.4) is 0 Å². The average molecular weight is 292 g/mol. The van der Waals surface area contributed by atoms with Gasteiger partial charge in [-0.1, -0.05) is 31.1 Å². The van der Waals surface area contributed by atoms with E-state index in [1.165, 1.54) is 4.68 Å². The molecule has 114 valence electrons. The van der Waals surface area contributed by atoms with Crippen LogP contribution < -0.4 is 10.6 Å². The summed E-state index contributed by atoms with van der Waals surface area (Å²) in [7, 11) is 1.82. The first-order valence-electron chi connectivity index (χ1n) is 6.69. The number of hydrogen-bond acceptors (Lipinski definition) is 6. The quantitative estimate of drug-likeness (QED) is 0.850. The van der Waals surface area contributed by atoms with Crippen LogP contribution in [0.1, 0.15) is 32.2 Å². The van der Waals surface area contributed by atoms with Crippen molar-refractivity contribution in [2.45, 2.75) is 39.3 Å². The Morgan fingerprint density at radius 2 is 2.19 bits per heavy atom. The smallest absolute Gasteiger partial charge is 0.248 e. The highest BCUT2D eigenvalue weighted by molar-refractivity contribution is 5.89. The number of amides is 1. The molecule has 8 heteroatoms. The first kappa shape index (κ1) is 15.2. The van der Waals surface area contributed by atoms with Gasteiger partial charge < -0.3 is 9.84 Å². The summed E-state index contributed by atoms with van der Waals surface area (Å²) in [5.74, 6) is 0.0907. The molecule has 0 bridgehead atoms. The molecule has 0 aliphatic carbocycles. The molecule has 2 aromatic heterocycles. The van der Waals surface area contributed by atoms with E-state index >= 15 is 0 Å². The van der Waals surface area contributed by atoms with E-state index in [1.807, 2.05) is 27.8 Å². The maximum atomic E-state index is 11.9. The van der Waals surface area contributed by atoms with Crippen molar-refractivity contribution in [2.75, 3.05) is 12.4 Å². The summed E-state index contributed by atoms with van der Waals surface area (Å²) in [4.78, 5) is 11.9. The van der Waals surface area contributed by atoms with Crippen LogP contribution >= 0.6 is 0 Å². The maximum Gasteiger partial charge on any atom is 0.248 e. The van der Waals surface area contributed by atoms with Gasteiger partial charge in [-0.2, -0.15) is 0 Å². The van der Waals surface area contributed by atoms with Crippen molar-refractivity contribution >= 4 is 11.8 Å². The predicted molar refractivity (Wildman–Crippen MR) is 76.6 cm³/mol. The summed E-state index contributed by atoms with van der Waals surface area (Å²) >= 11 is 0. The fourth-order valence-corrected chi connectivity index (χ4v) is 1.69. The molecule has 0 atom stereocenters. The van der Waals surface area contributed by atoms with E-state index in [9.17, 15) is 4.79 Å². The number of anilines is 1. The Bertz CT molecular complexity index is 610. The van der Waals surface area contributed by atoms with Crippen molar-refractivity contribution in [2.24, 2.45) is 0 Å². The minimum Gasteiger partial charge on any atom is -0.338 e. The molecule has 0 radical (unpaired) electrons. The van der Waals surface area contributed by atoms with Crippen LogP contribution in [0.15, 0.2) is 16.8 Å². The Kier molecular flexibility index (Phi) is 4.37. The number of carbonyl (C=O) groups is 1. The fourth-order valence-electron chi connectivity index (χ4n) is 1.69. The molecule has 21 heavy (non-hydrogen) atoms. The summed E-state index contributed by atoms with van der Waals surface area (Å²) < 4.78 is 6.58. The summed E-state index contributed by atoms with van der Waals surface area (Å²) in [5, 5.41) is 17.4. The minimum atomic E-state index is -0.243. The van der Waals surface area contributed by atoms with Gasteiger partial charge in [0.15, 0.2) is 0 Å². The first-order valence-corrected chi connectivity index (χ1v) is 6.69. The minimum absolute atomic E-state index is 0.0717. The molecule has 2 heterocycles. The molecular weight excluding hydrogens is 272 g/mol. The van der Waals surface area contributed by atoms with Gasteiger partial charge in [0.25, 0.3) is 0 Å². The van der Waals surface area contributed by atoms with Crippen LogP contribution in [-0.4, -0.2) is 33.1 Å². The second kappa shape index (κ2) is 6.04. The van der Waals surface area contributed by atoms with Crippen molar-refractivity contribution in [3.05, 3.63) is 23.7 Å². The Labute approximate surface area is 122 Å². The van der Waals surface area contributed by atoms with Crippen LogP contribution in [0.2, 0.25) is 0 Å². The summed E-state index contributed by atoms with van der Waals surface area (Å²) in [6.45, 7) is 6.75. The largest absolute Gasteiger partial charge is 0.338 e.